The van der Waals surface area contributed by atoms with E-state index in [4.69, 9.17) is 0 Å². The molecule has 0 bridgehead atoms. The van der Waals surface area contributed by atoms with Gasteiger partial charge in [0.05, 0.1) is 4.90 Å². The molecule has 0 aromatic heterocycles. The fraction of sp³-hybridized carbons (Fsp3) is 0.600. The number of aliphatic hydroxyl groups excluding tert-OH is 1. The van der Waals surface area contributed by atoms with E-state index in [0.717, 1.165) is 24.8 Å². The summed E-state index contributed by atoms with van der Waals surface area (Å²) in [4.78, 5) is 0.266. The number of rotatable bonds is 8. The van der Waals surface area contributed by atoms with Crippen molar-refractivity contribution >= 4 is 10.0 Å². The SMILES string of the molecule is CCCC[C@@H](CO)[C@H](C)NS(=O)(=O)c1ccc(C)cc1. The number of hydrogen-bond donors (Lipinski definition) is 2. The molecule has 4 nitrogen and oxygen atoms in total. The third-order valence-corrected chi connectivity index (χ3v) is 5.12. The van der Waals surface area contributed by atoms with E-state index < -0.39 is 10.0 Å². The number of aryl methyl sites for hydroxylation is 1. The predicted molar refractivity (Wildman–Crippen MR) is 81.1 cm³/mol. The second-order valence-electron chi connectivity index (χ2n) is 5.31. The molecule has 0 aliphatic carbocycles. The fourth-order valence-corrected chi connectivity index (χ4v) is 3.40. The van der Waals surface area contributed by atoms with Crippen LogP contribution in [0.1, 0.15) is 38.7 Å². The summed E-state index contributed by atoms with van der Waals surface area (Å²) in [5.41, 5.74) is 1.02. The monoisotopic (exact) mass is 299 g/mol. The lowest BCUT2D eigenvalue weighted by atomic mass is 9.97. The number of sulfonamides is 1. The van der Waals surface area contributed by atoms with E-state index in [1.165, 1.54) is 0 Å². The smallest absolute Gasteiger partial charge is 0.240 e. The van der Waals surface area contributed by atoms with Gasteiger partial charge < -0.3 is 5.11 Å². The third kappa shape index (κ3) is 4.89. The molecule has 0 unspecified atom stereocenters. The van der Waals surface area contributed by atoms with Crippen LogP contribution in [-0.2, 0) is 10.0 Å². The molecular formula is C15H25NO3S. The van der Waals surface area contributed by atoms with Crippen molar-refractivity contribution in [2.45, 2.75) is 51.0 Å². The maximum atomic E-state index is 12.3. The van der Waals surface area contributed by atoms with Gasteiger partial charge in [-0.05, 0) is 38.3 Å². The Morgan fingerprint density at radius 3 is 2.35 bits per heavy atom. The van der Waals surface area contributed by atoms with Crippen LogP contribution in [0.5, 0.6) is 0 Å². The van der Waals surface area contributed by atoms with Crippen LogP contribution in [-0.4, -0.2) is 26.2 Å². The Bertz CT molecular complexity index is 496. The third-order valence-electron chi connectivity index (χ3n) is 3.54. The number of hydrogen-bond acceptors (Lipinski definition) is 3. The molecule has 0 aliphatic rings. The van der Waals surface area contributed by atoms with Crippen LogP contribution < -0.4 is 4.72 Å². The topological polar surface area (TPSA) is 66.4 Å². The van der Waals surface area contributed by atoms with E-state index in [1.54, 1.807) is 24.3 Å². The summed E-state index contributed by atoms with van der Waals surface area (Å²) >= 11 is 0. The Hall–Kier alpha value is -0.910. The molecule has 1 aromatic rings. The van der Waals surface area contributed by atoms with Crippen molar-refractivity contribution in [3.63, 3.8) is 0 Å². The van der Waals surface area contributed by atoms with Gasteiger partial charge in [-0.3, -0.25) is 0 Å². The zero-order valence-electron chi connectivity index (χ0n) is 12.5. The van der Waals surface area contributed by atoms with Crippen LogP contribution in [0.2, 0.25) is 0 Å². The average molecular weight is 299 g/mol. The fourth-order valence-electron chi connectivity index (χ4n) is 2.09. The molecule has 0 saturated carbocycles. The van der Waals surface area contributed by atoms with Crippen LogP contribution in [0.4, 0.5) is 0 Å². The lowest BCUT2D eigenvalue weighted by Gasteiger charge is -2.23. The van der Waals surface area contributed by atoms with Crippen LogP contribution in [0, 0.1) is 12.8 Å². The van der Waals surface area contributed by atoms with Gasteiger partial charge in [0, 0.05) is 12.6 Å². The zero-order valence-corrected chi connectivity index (χ0v) is 13.3. The van der Waals surface area contributed by atoms with Crippen molar-refractivity contribution in [1.29, 1.82) is 0 Å². The first-order chi connectivity index (χ1) is 9.40. The highest BCUT2D eigenvalue weighted by Gasteiger charge is 2.22. The number of aliphatic hydroxyl groups is 1. The Morgan fingerprint density at radius 1 is 1.25 bits per heavy atom. The van der Waals surface area contributed by atoms with Crippen LogP contribution in [0.25, 0.3) is 0 Å². The molecule has 0 fully saturated rings. The lowest BCUT2D eigenvalue weighted by Crippen LogP contribution is -2.39. The summed E-state index contributed by atoms with van der Waals surface area (Å²) in [5.74, 6) is -0.0461. The van der Waals surface area contributed by atoms with Gasteiger partial charge in [0.15, 0.2) is 0 Å². The molecule has 1 rings (SSSR count). The first-order valence-corrected chi connectivity index (χ1v) is 8.59. The van der Waals surface area contributed by atoms with E-state index in [0.29, 0.717) is 0 Å². The minimum absolute atomic E-state index is 0.00240. The molecule has 0 spiro atoms. The van der Waals surface area contributed by atoms with Gasteiger partial charge in [-0.1, -0.05) is 37.5 Å². The molecule has 0 radical (unpaired) electrons. The van der Waals surface area contributed by atoms with E-state index in [9.17, 15) is 13.5 Å². The Morgan fingerprint density at radius 2 is 1.85 bits per heavy atom. The summed E-state index contributed by atoms with van der Waals surface area (Å²) in [6, 6.07) is 6.48. The van der Waals surface area contributed by atoms with Crippen LogP contribution >= 0.6 is 0 Å². The maximum Gasteiger partial charge on any atom is 0.240 e. The van der Waals surface area contributed by atoms with E-state index in [1.807, 2.05) is 13.8 Å². The van der Waals surface area contributed by atoms with Crippen molar-refractivity contribution < 1.29 is 13.5 Å². The van der Waals surface area contributed by atoms with Gasteiger partial charge in [-0.15, -0.1) is 0 Å². The van der Waals surface area contributed by atoms with E-state index in [2.05, 4.69) is 11.6 Å². The molecule has 2 N–H and O–H groups in total. The lowest BCUT2D eigenvalue weighted by molar-refractivity contribution is 0.193. The molecule has 0 aliphatic heterocycles. The minimum Gasteiger partial charge on any atom is -0.396 e. The molecule has 2 atom stereocenters. The molecular weight excluding hydrogens is 274 g/mol. The quantitative estimate of drug-likeness (QED) is 0.775. The van der Waals surface area contributed by atoms with Gasteiger partial charge in [0.25, 0.3) is 0 Å². The summed E-state index contributed by atoms with van der Waals surface area (Å²) in [7, 11) is -3.52. The molecule has 114 valence electrons. The summed E-state index contributed by atoms with van der Waals surface area (Å²) in [5, 5.41) is 9.39. The Balaban J connectivity index is 2.76. The minimum atomic E-state index is -3.52. The van der Waals surface area contributed by atoms with Crippen LogP contribution in [0.15, 0.2) is 29.2 Å². The highest BCUT2D eigenvalue weighted by molar-refractivity contribution is 7.89. The Kier molecular flexibility index (Phi) is 6.65. The highest BCUT2D eigenvalue weighted by atomic mass is 32.2. The summed E-state index contributed by atoms with van der Waals surface area (Å²) in [6.45, 7) is 5.80. The van der Waals surface area contributed by atoms with Crippen molar-refractivity contribution in [3.05, 3.63) is 29.8 Å². The van der Waals surface area contributed by atoms with Crippen molar-refractivity contribution in [1.82, 2.24) is 4.72 Å². The molecule has 0 saturated heterocycles. The van der Waals surface area contributed by atoms with Crippen molar-refractivity contribution in [2.24, 2.45) is 5.92 Å². The number of unbranched alkanes of at least 4 members (excludes halogenated alkanes) is 1. The molecule has 20 heavy (non-hydrogen) atoms. The van der Waals surface area contributed by atoms with E-state index >= 15 is 0 Å². The van der Waals surface area contributed by atoms with Gasteiger partial charge in [-0.2, -0.15) is 0 Å². The molecule has 0 amide bonds. The van der Waals surface area contributed by atoms with Crippen molar-refractivity contribution in [2.75, 3.05) is 6.61 Å². The normalized spacial score (nSPS) is 15.0. The molecule has 1 aromatic carbocycles. The number of benzene rings is 1. The maximum absolute atomic E-state index is 12.3. The van der Waals surface area contributed by atoms with E-state index in [-0.39, 0.29) is 23.5 Å². The molecule has 5 heteroatoms. The first kappa shape index (κ1) is 17.1. The van der Waals surface area contributed by atoms with Crippen molar-refractivity contribution in [3.8, 4) is 0 Å². The second kappa shape index (κ2) is 7.76. The summed E-state index contributed by atoms with van der Waals surface area (Å²) < 4.78 is 27.2. The average Bonchev–Trinajstić information content (AvgIpc) is 2.39. The van der Waals surface area contributed by atoms with Gasteiger partial charge in [0.2, 0.25) is 10.0 Å². The largest absolute Gasteiger partial charge is 0.396 e. The molecule has 0 heterocycles. The zero-order chi connectivity index (χ0) is 15.2. The number of nitrogens with one attached hydrogen (secondary N) is 1. The highest BCUT2D eigenvalue weighted by Crippen LogP contribution is 2.16. The van der Waals surface area contributed by atoms with Gasteiger partial charge in [-0.25, -0.2) is 13.1 Å². The summed E-state index contributed by atoms with van der Waals surface area (Å²) in [6.07, 6.45) is 2.85. The standard InChI is InChI=1S/C15H25NO3S/c1-4-5-6-14(11-17)13(3)16-20(18,19)15-9-7-12(2)8-10-15/h7-10,13-14,16-17H,4-6,11H2,1-3H3/t13-,14-/m0/s1. The predicted octanol–water partition coefficient (Wildman–Crippen LogP) is 2.46. The van der Waals surface area contributed by atoms with Gasteiger partial charge >= 0.3 is 0 Å². The van der Waals surface area contributed by atoms with Crippen LogP contribution in [0.3, 0.4) is 0 Å². The second-order valence-corrected chi connectivity index (χ2v) is 7.02. The van der Waals surface area contributed by atoms with Gasteiger partial charge in [0.1, 0.15) is 0 Å². The Labute approximate surface area is 122 Å². The first-order valence-electron chi connectivity index (χ1n) is 7.10.